The molecule has 33 heavy (non-hydrogen) atoms. The number of thiophene rings is 1. The van der Waals surface area contributed by atoms with E-state index in [9.17, 15) is 14.7 Å². The van der Waals surface area contributed by atoms with Gasteiger partial charge in [-0.2, -0.15) is 5.10 Å². The van der Waals surface area contributed by atoms with Gasteiger partial charge >= 0.3 is 0 Å². The molecule has 0 aliphatic carbocycles. The van der Waals surface area contributed by atoms with E-state index in [-0.39, 0.29) is 11.3 Å². The van der Waals surface area contributed by atoms with Gasteiger partial charge in [0, 0.05) is 18.0 Å². The van der Waals surface area contributed by atoms with E-state index in [1.807, 2.05) is 54.8 Å². The minimum Gasteiger partial charge on any atom is -0.507 e. The van der Waals surface area contributed by atoms with Crippen molar-refractivity contribution in [1.82, 2.24) is 19.6 Å². The summed E-state index contributed by atoms with van der Waals surface area (Å²) in [4.78, 5) is 30.9. The molecule has 1 amide bonds. The lowest BCUT2D eigenvalue weighted by Gasteiger charge is -2.27. The maximum absolute atomic E-state index is 13.2. The molecule has 3 aromatic rings. The summed E-state index contributed by atoms with van der Waals surface area (Å²) in [6.07, 6.45) is 1.55. The number of likely N-dealkylation sites (N-methyl/N-ethyl adjacent to an activating group) is 1. The number of likely N-dealkylation sites (tertiary alicyclic amines) is 1. The van der Waals surface area contributed by atoms with E-state index in [1.54, 1.807) is 15.8 Å². The molecule has 7 nitrogen and oxygen atoms in total. The summed E-state index contributed by atoms with van der Waals surface area (Å²) in [6, 6.07) is 12.8. The average Bonchev–Trinajstić information content (AvgIpc) is 3.55. The molecule has 1 aromatic carbocycles. The van der Waals surface area contributed by atoms with E-state index < -0.39 is 17.7 Å². The molecule has 8 heteroatoms. The molecule has 1 aliphatic heterocycles. The van der Waals surface area contributed by atoms with Crippen LogP contribution in [0.3, 0.4) is 0 Å². The highest BCUT2D eigenvalue weighted by Crippen LogP contribution is 2.41. The molecular formula is C25H28N4O3S. The number of ketones is 1. The van der Waals surface area contributed by atoms with E-state index in [2.05, 4.69) is 23.8 Å². The quantitative estimate of drug-likeness (QED) is 0.310. The summed E-state index contributed by atoms with van der Waals surface area (Å²) in [5.41, 5.74) is 2.11. The summed E-state index contributed by atoms with van der Waals surface area (Å²) in [5.74, 6) is -1.41. The molecular weight excluding hydrogens is 436 g/mol. The van der Waals surface area contributed by atoms with Crippen LogP contribution in [0.25, 0.3) is 11.4 Å². The van der Waals surface area contributed by atoms with E-state index in [0.717, 1.165) is 23.7 Å². The Morgan fingerprint density at radius 3 is 2.48 bits per heavy atom. The second kappa shape index (κ2) is 9.72. The number of Topliss-reactive ketones (excluding diaryl/α,β-unsaturated/α-hetero) is 1. The number of hydrogen-bond acceptors (Lipinski definition) is 6. The Bertz CT molecular complexity index is 1160. The standard InChI is InChI=1S/C25H28N4O3S/c1-4-27(5-2)13-14-28-22(20-12-9-15-33-20)21(24(31)25(28)32)23(30)19-16-26-29(17(19)3)18-10-7-6-8-11-18/h6-12,15-16,22,30H,4-5,13-14H2,1-3H3/b23-21-. The van der Waals surface area contributed by atoms with Gasteiger partial charge in [-0.25, -0.2) is 4.68 Å². The smallest absolute Gasteiger partial charge is 0.295 e. The van der Waals surface area contributed by atoms with E-state index in [1.165, 1.54) is 11.3 Å². The lowest BCUT2D eigenvalue weighted by Crippen LogP contribution is -2.37. The van der Waals surface area contributed by atoms with Gasteiger partial charge in [-0.15, -0.1) is 11.3 Å². The Labute approximate surface area is 197 Å². The predicted molar refractivity (Wildman–Crippen MR) is 129 cm³/mol. The van der Waals surface area contributed by atoms with Crippen LogP contribution in [0, 0.1) is 6.92 Å². The maximum Gasteiger partial charge on any atom is 0.295 e. The minimum atomic E-state index is -0.655. The number of para-hydroxylation sites is 1. The van der Waals surface area contributed by atoms with Crippen LogP contribution in [0.5, 0.6) is 0 Å². The third kappa shape index (κ3) is 4.24. The van der Waals surface area contributed by atoms with Crippen LogP contribution in [0.15, 0.2) is 59.6 Å². The number of rotatable bonds is 8. The number of amides is 1. The molecule has 1 aliphatic rings. The van der Waals surface area contributed by atoms with Crippen LogP contribution >= 0.6 is 11.3 Å². The summed E-state index contributed by atoms with van der Waals surface area (Å²) in [6.45, 7) is 8.78. The number of benzene rings is 1. The van der Waals surface area contributed by atoms with Crippen molar-refractivity contribution in [2.75, 3.05) is 26.2 Å². The van der Waals surface area contributed by atoms with E-state index in [4.69, 9.17) is 0 Å². The Hall–Kier alpha value is -3.23. The third-order valence-electron chi connectivity index (χ3n) is 6.17. The Morgan fingerprint density at radius 2 is 1.85 bits per heavy atom. The molecule has 0 spiro atoms. The zero-order valence-corrected chi connectivity index (χ0v) is 19.9. The summed E-state index contributed by atoms with van der Waals surface area (Å²) >= 11 is 1.47. The minimum absolute atomic E-state index is 0.123. The lowest BCUT2D eigenvalue weighted by molar-refractivity contribution is -0.140. The molecule has 1 atom stereocenters. The first-order chi connectivity index (χ1) is 16.0. The highest BCUT2D eigenvalue weighted by molar-refractivity contribution is 7.10. The number of hydrogen-bond donors (Lipinski definition) is 1. The van der Waals surface area contributed by atoms with Gasteiger partial charge in [-0.3, -0.25) is 9.59 Å². The largest absolute Gasteiger partial charge is 0.507 e. The highest BCUT2D eigenvalue weighted by atomic mass is 32.1. The first-order valence-corrected chi connectivity index (χ1v) is 12.0. The Kier molecular flexibility index (Phi) is 6.76. The molecule has 0 saturated carbocycles. The normalized spacial score (nSPS) is 17.9. The van der Waals surface area contributed by atoms with Crippen LogP contribution in [-0.2, 0) is 9.59 Å². The molecule has 0 radical (unpaired) electrons. The molecule has 0 bridgehead atoms. The van der Waals surface area contributed by atoms with Crippen LogP contribution in [0.4, 0.5) is 0 Å². The van der Waals surface area contributed by atoms with Gasteiger partial charge in [0.05, 0.1) is 34.8 Å². The fourth-order valence-electron chi connectivity index (χ4n) is 4.26. The summed E-state index contributed by atoms with van der Waals surface area (Å²) in [5, 5.41) is 17.7. The molecule has 1 unspecified atom stereocenters. The van der Waals surface area contributed by atoms with Crippen LogP contribution < -0.4 is 0 Å². The number of carbonyl (C=O) groups excluding carboxylic acids is 2. The average molecular weight is 465 g/mol. The summed E-state index contributed by atoms with van der Waals surface area (Å²) in [7, 11) is 0. The van der Waals surface area contributed by atoms with Crippen molar-refractivity contribution in [3.8, 4) is 5.69 Å². The molecule has 1 N–H and O–H groups in total. The van der Waals surface area contributed by atoms with Crippen molar-refractivity contribution in [3.63, 3.8) is 0 Å². The Morgan fingerprint density at radius 1 is 1.12 bits per heavy atom. The van der Waals surface area contributed by atoms with Crippen molar-refractivity contribution in [2.45, 2.75) is 26.8 Å². The van der Waals surface area contributed by atoms with Crippen LogP contribution in [0.2, 0.25) is 0 Å². The SMILES string of the molecule is CCN(CC)CCN1C(=O)C(=O)/C(=C(\O)c2cnn(-c3ccccc3)c2C)C1c1cccs1. The van der Waals surface area contributed by atoms with Crippen molar-refractivity contribution >= 4 is 28.8 Å². The number of nitrogens with zero attached hydrogens (tertiary/aromatic N) is 4. The van der Waals surface area contributed by atoms with Gasteiger partial charge in [0.1, 0.15) is 5.76 Å². The monoisotopic (exact) mass is 464 g/mol. The third-order valence-corrected chi connectivity index (χ3v) is 7.09. The van der Waals surface area contributed by atoms with Crippen LogP contribution in [0.1, 0.15) is 36.0 Å². The zero-order chi connectivity index (χ0) is 23.5. The van der Waals surface area contributed by atoms with Gasteiger partial charge < -0.3 is 14.9 Å². The molecule has 2 aromatic heterocycles. The zero-order valence-electron chi connectivity index (χ0n) is 19.1. The van der Waals surface area contributed by atoms with Gasteiger partial charge in [0.2, 0.25) is 0 Å². The van der Waals surface area contributed by atoms with E-state index in [0.29, 0.717) is 24.3 Å². The van der Waals surface area contributed by atoms with Gasteiger partial charge in [-0.05, 0) is 43.6 Å². The number of aromatic nitrogens is 2. The molecule has 1 fully saturated rings. The van der Waals surface area contributed by atoms with E-state index >= 15 is 0 Å². The predicted octanol–water partition coefficient (Wildman–Crippen LogP) is 4.01. The van der Waals surface area contributed by atoms with Gasteiger partial charge in [-0.1, -0.05) is 38.1 Å². The fraction of sp³-hybridized carbons (Fsp3) is 0.320. The maximum atomic E-state index is 13.2. The second-order valence-corrected chi connectivity index (χ2v) is 8.91. The van der Waals surface area contributed by atoms with Crippen LogP contribution in [-0.4, -0.2) is 62.6 Å². The first-order valence-electron chi connectivity index (χ1n) is 11.1. The number of carbonyl (C=O) groups is 2. The topological polar surface area (TPSA) is 78.7 Å². The highest BCUT2D eigenvalue weighted by Gasteiger charge is 2.46. The molecule has 1 saturated heterocycles. The second-order valence-electron chi connectivity index (χ2n) is 7.93. The van der Waals surface area contributed by atoms with Crippen molar-refractivity contribution in [3.05, 3.63) is 75.7 Å². The van der Waals surface area contributed by atoms with Gasteiger partial charge in [0.15, 0.2) is 0 Å². The molecule has 172 valence electrons. The summed E-state index contributed by atoms with van der Waals surface area (Å²) < 4.78 is 1.71. The van der Waals surface area contributed by atoms with Crippen molar-refractivity contribution < 1.29 is 14.7 Å². The molecule has 4 rings (SSSR count). The first kappa shape index (κ1) is 22.9. The van der Waals surface area contributed by atoms with Crippen molar-refractivity contribution in [1.29, 1.82) is 0 Å². The lowest BCUT2D eigenvalue weighted by atomic mass is 10.00. The van der Waals surface area contributed by atoms with Gasteiger partial charge in [0.25, 0.3) is 11.7 Å². The Balaban J connectivity index is 1.77. The number of aliphatic hydroxyl groups excluding tert-OH is 1. The molecule has 3 heterocycles. The van der Waals surface area contributed by atoms with Crippen molar-refractivity contribution in [2.24, 2.45) is 0 Å². The fourth-order valence-corrected chi connectivity index (χ4v) is 5.10. The number of aliphatic hydroxyl groups is 1.